The van der Waals surface area contributed by atoms with Crippen LogP contribution in [0.5, 0.6) is 0 Å². The smallest absolute Gasteiger partial charge is 0.307 e. The van der Waals surface area contributed by atoms with Gasteiger partial charge >= 0.3 is 5.97 Å². The molecule has 0 aromatic heterocycles. The second-order valence-corrected chi connectivity index (χ2v) is 5.59. The highest BCUT2D eigenvalue weighted by molar-refractivity contribution is 9.10. The average Bonchev–Trinajstić information content (AvgIpc) is 2.81. The third-order valence-corrected chi connectivity index (χ3v) is 3.92. The molecule has 6 heteroatoms. The van der Waals surface area contributed by atoms with Gasteiger partial charge in [0.05, 0.1) is 5.92 Å². The number of nitrogens with two attached hydrogens (primary N) is 1. The molecule has 1 amide bonds. The first-order chi connectivity index (χ1) is 8.99. The van der Waals surface area contributed by atoms with Gasteiger partial charge in [-0.05, 0) is 24.1 Å². The molecule has 1 aliphatic heterocycles. The zero-order valence-corrected chi connectivity index (χ0v) is 11.8. The van der Waals surface area contributed by atoms with Gasteiger partial charge in [0, 0.05) is 17.6 Å². The summed E-state index contributed by atoms with van der Waals surface area (Å²) >= 11 is 3.34. The number of likely N-dealkylation sites (tertiary alicyclic amines) is 1. The lowest BCUT2D eigenvalue weighted by Gasteiger charge is -2.25. The molecule has 1 aliphatic rings. The highest BCUT2D eigenvalue weighted by Crippen LogP contribution is 2.28. The molecule has 1 heterocycles. The molecule has 5 nitrogen and oxygen atoms in total. The van der Waals surface area contributed by atoms with Crippen molar-refractivity contribution >= 4 is 27.8 Å². The zero-order chi connectivity index (χ0) is 14.0. The van der Waals surface area contributed by atoms with Gasteiger partial charge in [-0.1, -0.05) is 28.1 Å². The van der Waals surface area contributed by atoms with Crippen LogP contribution < -0.4 is 5.73 Å². The minimum absolute atomic E-state index is 0.360. The summed E-state index contributed by atoms with van der Waals surface area (Å²) in [5.74, 6) is -1.69. The number of carboxylic acid groups (broad SMARTS) is 1. The fraction of sp³-hybridized carbons (Fsp3) is 0.385. The summed E-state index contributed by atoms with van der Waals surface area (Å²) in [7, 11) is 0. The Balaban J connectivity index is 2.20. The lowest BCUT2D eigenvalue weighted by Crippen LogP contribution is -2.37. The first kappa shape index (κ1) is 14.0. The normalized spacial score (nSPS) is 21.2. The van der Waals surface area contributed by atoms with Crippen LogP contribution >= 0.6 is 15.9 Å². The maximum atomic E-state index is 11.7. The molecule has 1 saturated heterocycles. The number of carbonyl (C=O) groups excluding carboxylic acids is 1. The van der Waals surface area contributed by atoms with E-state index in [1.165, 1.54) is 0 Å². The van der Waals surface area contributed by atoms with Crippen molar-refractivity contribution in [3.05, 3.63) is 34.3 Å². The maximum Gasteiger partial charge on any atom is 0.307 e. The van der Waals surface area contributed by atoms with Gasteiger partial charge in [-0.2, -0.15) is 0 Å². The number of amides is 1. The number of hydrogen-bond acceptors (Lipinski definition) is 3. The van der Waals surface area contributed by atoms with Gasteiger partial charge in [-0.15, -0.1) is 0 Å². The number of nitrogens with zero attached hydrogens (tertiary/aromatic N) is 1. The summed E-state index contributed by atoms with van der Waals surface area (Å²) in [5.41, 5.74) is 6.26. The molecule has 0 spiro atoms. The van der Waals surface area contributed by atoms with E-state index in [0.29, 0.717) is 19.5 Å². The molecule has 3 N–H and O–H groups in total. The minimum atomic E-state index is -0.818. The SMILES string of the molecule is NC(=O)C(c1ccc(Br)cc1)N1CCC(C(=O)O)C1. The predicted octanol–water partition coefficient (Wildman–Crippen LogP) is 1.38. The highest BCUT2D eigenvalue weighted by atomic mass is 79.9. The molecule has 0 radical (unpaired) electrons. The van der Waals surface area contributed by atoms with Crippen molar-refractivity contribution in [2.24, 2.45) is 11.7 Å². The summed E-state index contributed by atoms with van der Waals surface area (Å²) in [6, 6.07) is 6.78. The van der Waals surface area contributed by atoms with Crippen molar-refractivity contribution < 1.29 is 14.7 Å². The molecule has 2 unspecified atom stereocenters. The maximum absolute atomic E-state index is 11.7. The number of aliphatic carboxylic acids is 1. The van der Waals surface area contributed by atoms with Crippen LogP contribution in [0.15, 0.2) is 28.7 Å². The Hall–Kier alpha value is -1.40. The van der Waals surface area contributed by atoms with E-state index in [1.807, 2.05) is 29.2 Å². The Bertz CT molecular complexity index is 489. The summed E-state index contributed by atoms with van der Waals surface area (Å²) in [4.78, 5) is 24.5. The van der Waals surface area contributed by atoms with E-state index in [1.54, 1.807) is 0 Å². The summed E-state index contributed by atoms with van der Waals surface area (Å²) < 4.78 is 0.921. The Labute approximate surface area is 119 Å². The molecule has 102 valence electrons. The van der Waals surface area contributed by atoms with Crippen LogP contribution in [0.3, 0.4) is 0 Å². The fourth-order valence-electron chi connectivity index (χ4n) is 2.42. The number of carbonyl (C=O) groups is 2. The standard InChI is InChI=1S/C13H15BrN2O3/c14-10-3-1-8(2-4-10)11(12(15)17)16-6-5-9(7-16)13(18)19/h1-4,9,11H,5-7H2,(H2,15,17)(H,18,19). The first-order valence-electron chi connectivity index (χ1n) is 6.00. The van der Waals surface area contributed by atoms with E-state index in [9.17, 15) is 9.59 Å². The van der Waals surface area contributed by atoms with E-state index in [2.05, 4.69) is 15.9 Å². The van der Waals surface area contributed by atoms with Crippen LogP contribution in [-0.2, 0) is 9.59 Å². The van der Waals surface area contributed by atoms with Gasteiger partial charge in [0.1, 0.15) is 6.04 Å². The van der Waals surface area contributed by atoms with E-state index >= 15 is 0 Å². The number of carboxylic acids is 1. The molecule has 1 aromatic rings. The monoisotopic (exact) mass is 326 g/mol. The van der Waals surface area contributed by atoms with E-state index < -0.39 is 23.8 Å². The fourth-order valence-corrected chi connectivity index (χ4v) is 2.69. The zero-order valence-electron chi connectivity index (χ0n) is 10.3. The van der Waals surface area contributed by atoms with Crippen molar-refractivity contribution in [3.63, 3.8) is 0 Å². The van der Waals surface area contributed by atoms with Crippen molar-refractivity contribution in [1.82, 2.24) is 4.90 Å². The van der Waals surface area contributed by atoms with Crippen LogP contribution in [0.25, 0.3) is 0 Å². The van der Waals surface area contributed by atoms with E-state index in [-0.39, 0.29) is 0 Å². The Morgan fingerprint density at radius 3 is 2.47 bits per heavy atom. The summed E-state index contributed by atoms with van der Waals surface area (Å²) in [6.07, 6.45) is 0.551. The quantitative estimate of drug-likeness (QED) is 0.875. The number of halogens is 1. The largest absolute Gasteiger partial charge is 0.481 e. The number of rotatable bonds is 4. The van der Waals surface area contributed by atoms with Crippen LogP contribution in [0.1, 0.15) is 18.0 Å². The van der Waals surface area contributed by atoms with Gasteiger partial charge in [0.2, 0.25) is 5.91 Å². The average molecular weight is 327 g/mol. The molecule has 2 atom stereocenters. The van der Waals surface area contributed by atoms with Crippen LogP contribution in [0.2, 0.25) is 0 Å². The molecule has 0 saturated carbocycles. The van der Waals surface area contributed by atoms with Crippen LogP contribution in [0.4, 0.5) is 0 Å². The van der Waals surface area contributed by atoms with Gasteiger partial charge < -0.3 is 10.8 Å². The number of primary amides is 1. The van der Waals surface area contributed by atoms with Crippen molar-refractivity contribution in [2.45, 2.75) is 12.5 Å². The summed E-state index contributed by atoms with van der Waals surface area (Å²) in [6.45, 7) is 0.930. The van der Waals surface area contributed by atoms with Gasteiger partial charge in [0.25, 0.3) is 0 Å². The Kier molecular flexibility index (Phi) is 4.21. The molecular weight excluding hydrogens is 312 g/mol. The van der Waals surface area contributed by atoms with Crippen LogP contribution in [-0.4, -0.2) is 35.0 Å². The van der Waals surface area contributed by atoms with Gasteiger partial charge in [-0.25, -0.2) is 0 Å². The molecule has 19 heavy (non-hydrogen) atoms. The minimum Gasteiger partial charge on any atom is -0.481 e. The Morgan fingerprint density at radius 1 is 1.37 bits per heavy atom. The molecule has 0 aliphatic carbocycles. The summed E-state index contributed by atoms with van der Waals surface area (Å²) in [5, 5.41) is 9.01. The molecule has 2 rings (SSSR count). The second-order valence-electron chi connectivity index (χ2n) is 4.68. The Morgan fingerprint density at radius 2 is 2.00 bits per heavy atom. The third-order valence-electron chi connectivity index (χ3n) is 3.39. The predicted molar refractivity (Wildman–Crippen MR) is 73.4 cm³/mol. The molecule has 1 fully saturated rings. The molecular formula is C13H15BrN2O3. The first-order valence-corrected chi connectivity index (χ1v) is 6.80. The van der Waals surface area contributed by atoms with Crippen molar-refractivity contribution in [1.29, 1.82) is 0 Å². The number of hydrogen-bond donors (Lipinski definition) is 2. The second kappa shape index (κ2) is 5.71. The van der Waals surface area contributed by atoms with Crippen molar-refractivity contribution in [2.75, 3.05) is 13.1 Å². The topological polar surface area (TPSA) is 83.6 Å². The van der Waals surface area contributed by atoms with E-state index in [0.717, 1.165) is 10.0 Å². The highest BCUT2D eigenvalue weighted by Gasteiger charge is 2.35. The number of benzene rings is 1. The van der Waals surface area contributed by atoms with Gasteiger partial charge in [-0.3, -0.25) is 14.5 Å². The third kappa shape index (κ3) is 3.13. The lowest BCUT2D eigenvalue weighted by atomic mass is 10.1. The molecule has 0 bridgehead atoms. The van der Waals surface area contributed by atoms with Crippen LogP contribution in [0, 0.1) is 5.92 Å². The lowest BCUT2D eigenvalue weighted by molar-refractivity contribution is -0.141. The van der Waals surface area contributed by atoms with Gasteiger partial charge in [0.15, 0.2) is 0 Å². The van der Waals surface area contributed by atoms with E-state index in [4.69, 9.17) is 10.8 Å². The molecule has 1 aromatic carbocycles. The van der Waals surface area contributed by atoms with Crippen molar-refractivity contribution in [3.8, 4) is 0 Å².